The molecule has 1 N–H and O–H groups in total. The highest BCUT2D eigenvalue weighted by atomic mass is 19.1. The minimum absolute atomic E-state index is 0.0995. The quantitative estimate of drug-likeness (QED) is 0.937. The van der Waals surface area contributed by atoms with Crippen molar-refractivity contribution in [2.45, 2.75) is 12.5 Å². The van der Waals surface area contributed by atoms with Crippen molar-refractivity contribution in [3.8, 4) is 5.75 Å². The highest BCUT2D eigenvalue weighted by Crippen LogP contribution is 2.22. The van der Waals surface area contributed by atoms with Crippen LogP contribution in [0.3, 0.4) is 0 Å². The van der Waals surface area contributed by atoms with Crippen molar-refractivity contribution in [3.63, 3.8) is 0 Å². The topological polar surface area (TPSA) is 58.6 Å². The average Bonchev–Trinajstić information content (AvgIpc) is 2.96. The summed E-state index contributed by atoms with van der Waals surface area (Å²) in [7, 11) is 1.53. The molecule has 1 fully saturated rings. The molecule has 2 amide bonds. The number of halogens is 1. The number of nitrogens with one attached hydrogen (secondary N) is 1. The van der Waals surface area contributed by atoms with Gasteiger partial charge in [0.2, 0.25) is 5.91 Å². The van der Waals surface area contributed by atoms with Gasteiger partial charge >= 0.3 is 0 Å². The standard InChI is InChI=1S/C18H17FN2O3/c1-24-16-4-2-3-12(9-16)18(23)20-14-10-17(22)21(11-14)15-7-5-13(19)6-8-15/h2-9,14H,10-11H2,1H3,(H,20,23)/t14-/m0/s1. The molecule has 1 aliphatic heterocycles. The molecule has 3 rings (SSSR count). The highest BCUT2D eigenvalue weighted by molar-refractivity contribution is 5.99. The van der Waals surface area contributed by atoms with Crippen LogP contribution in [-0.4, -0.2) is 31.5 Å². The number of nitrogens with zero attached hydrogens (tertiary/aromatic N) is 1. The molecule has 0 spiro atoms. The number of hydrogen-bond donors (Lipinski definition) is 1. The van der Waals surface area contributed by atoms with Crippen molar-refractivity contribution in [1.29, 1.82) is 0 Å². The van der Waals surface area contributed by atoms with E-state index in [0.29, 0.717) is 23.5 Å². The molecule has 6 heteroatoms. The Morgan fingerprint density at radius 1 is 1.25 bits per heavy atom. The fourth-order valence-corrected chi connectivity index (χ4v) is 2.71. The van der Waals surface area contributed by atoms with Gasteiger partial charge in [0.15, 0.2) is 0 Å². The molecule has 1 heterocycles. The number of anilines is 1. The maximum absolute atomic E-state index is 13.0. The van der Waals surface area contributed by atoms with Crippen molar-refractivity contribution < 1.29 is 18.7 Å². The number of amides is 2. The summed E-state index contributed by atoms with van der Waals surface area (Å²) in [5.41, 5.74) is 1.10. The van der Waals surface area contributed by atoms with Crippen molar-refractivity contribution in [3.05, 3.63) is 59.9 Å². The molecular formula is C18H17FN2O3. The molecular weight excluding hydrogens is 311 g/mol. The van der Waals surface area contributed by atoms with Gasteiger partial charge in [-0.15, -0.1) is 0 Å². The minimum atomic E-state index is -0.353. The van der Waals surface area contributed by atoms with E-state index >= 15 is 0 Å². The van der Waals surface area contributed by atoms with Gasteiger partial charge in [-0.2, -0.15) is 0 Å². The number of ether oxygens (including phenoxy) is 1. The Balaban J connectivity index is 1.67. The molecule has 1 saturated heterocycles. The fourth-order valence-electron chi connectivity index (χ4n) is 2.71. The van der Waals surface area contributed by atoms with Crippen LogP contribution in [0.25, 0.3) is 0 Å². The normalized spacial score (nSPS) is 17.0. The molecule has 0 bridgehead atoms. The van der Waals surface area contributed by atoms with Gasteiger partial charge in [-0.25, -0.2) is 4.39 Å². The van der Waals surface area contributed by atoms with Gasteiger partial charge in [-0.05, 0) is 42.5 Å². The van der Waals surface area contributed by atoms with Crippen LogP contribution >= 0.6 is 0 Å². The van der Waals surface area contributed by atoms with E-state index in [1.54, 1.807) is 41.3 Å². The number of carbonyl (C=O) groups is 2. The lowest BCUT2D eigenvalue weighted by Crippen LogP contribution is -2.37. The second-order valence-electron chi connectivity index (χ2n) is 5.59. The van der Waals surface area contributed by atoms with Gasteiger partial charge in [0, 0.05) is 24.2 Å². The first-order valence-electron chi connectivity index (χ1n) is 7.57. The van der Waals surface area contributed by atoms with E-state index in [0.717, 1.165) is 0 Å². The maximum atomic E-state index is 13.0. The molecule has 2 aromatic carbocycles. The van der Waals surface area contributed by atoms with E-state index in [9.17, 15) is 14.0 Å². The predicted octanol–water partition coefficient (Wildman–Crippen LogP) is 2.37. The largest absolute Gasteiger partial charge is 0.497 e. The zero-order chi connectivity index (χ0) is 17.1. The minimum Gasteiger partial charge on any atom is -0.497 e. The molecule has 1 atom stereocenters. The summed E-state index contributed by atoms with van der Waals surface area (Å²) >= 11 is 0. The van der Waals surface area contributed by atoms with Crippen LogP contribution in [0.5, 0.6) is 5.75 Å². The molecule has 2 aromatic rings. The van der Waals surface area contributed by atoms with Crippen molar-refractivity contribution >= 4 is 17.5 Å². The highest BCUT2D eigenvalue weighted by Gasteiger charge is 2.31. The SMILES string of the molecule is COc1cccc(C(=O)N[C@H]2CC(=O)N(c3ccc(F)cc3)C2)c1. The number of carbonyl (C=O) groups excluding carboxylic acids is 2. The molecule has 0 saturated carbocycles. The van der Waals surface area contributed by atoms with Gasteiger partial charge < -0.3 is 15.0 Å². The Morgan fingerprint density at radius 2 is 2.00 bits per heavy atom. The molecule has 0 aromatic heterocycles. The summed E-state index contributed by atoms with van der Waals surface area (Å²) in [6, 6.07) is 12.3. The lowest BCUT2D eigenvalue weighted by Gasteiger charge is -2.17. The van der Waals surface area contributed by atoms with Crippen LogP contribution in [-0.2, 0) is 4.79 Å². The van der Waals surface area contributed by atoms with Crippen LogP contribution < -0.4 is 15.0 Å². The van der Waals surface area contributed by atoms with Crippen LogP contribution in [0.1, 0.15) is 16.8 Å². The first kappa shape index (κ1) is 16.0. The third-order valence-corrected chi connectivity index (χ3v) is 3.93. The molecule has 0 unspecified atom stereocenters. The zero-order valence-electron chi connectivity index (χ0n) is 13.2. The molecule has 24 heavy (non-hydrogen) atoms. The summed E-state index contributed by atoms with van der Waals surface area (Å²) in [4.78, 5) is 26.0. The Kier molecular flexibility index (Phi) is 4.46. The molecule has 124 valence electrons. The summed E-state index contributed by atoms with van der Waals surface area (Å²) in [6.45, 7) is 0.361. The summed E-state index contributed by atoms with van der Waals surface area (Å²) < 4.78 is 18.1. The fraction of sp³-hybridized carbons (Fsp3) is 0.222. The maximum Gasteiger partial charge on any atom is 0.251 e. The number of rotatable bonds is 4. The average molecular weight is 328 g/mol. The molecule has 5 nitrogen and oxygen atoms in total. The zero-order valence-corrected chi connectivity index (χ0v) is 13.2. The second kappa shape index (κ2) is 6.70. The van der Waals surface area contributed by atoms with E-state index in [-0.39, 0.29) is 30.1 Å². The lowest BCUT2D eigenvalue weighted by molar-refractivity contribution is -0.117. The number of benzene rings is 2. The van der Waals surface area contributed by atoms with Crippen molar-refractivity contribution in [2.75, 3.05) is 18.6 Å². The summed E-state index contributed by atoms with van der Waals surface area (Å²) in [6.07, 6.45) is 0.215. The Bertz CT molecular complexity index is 761. The van der Waals surface area contributed by atoms with E-state index in [1.807, 2.05) is 0 Å². The van der Waals surface area contributed by atoms with Crippen LogP contribution in [0, 0.1) is 5.82 Å². The van der Waals surface area contributed by atoms with E-state index in [2.05, 4.69) is 5.32 Å². The van der Waals surface area contributed by atoms with Gasteiger partial charge in [0.1, 0.15) is 11.6 Å². The monoisotopic (exact) mass is 328 g/mol. The predicted molar refractivity (Wildman–Crippen MR) is 87.6 cm³/mol. The third kappa shape index (κ3) is 3.37. The van der Waals surface area contributed by atoms with Crippen LogP contribution in [0.4, 0.5) is 10.1 Å². The van der Waals surface area contributed by atoms with Gasteiger partial charge in [-0.1, -0.05) is 6.07 Å². The molecule has 0 radical (unpaired) electrons. The lowest BCUT2D eigenvalue weighted by atomic mass is 10.1. The first-order valence-corrected chi connectivity index (χ1v) is 7.57. The summed E-state index contributed by atoms with van der Waals surface area (Å²) in [5.74, 6) is -0.114. The van der Waals surface area contributed by atoms with Gasteiger partial charge in [0.05, 0.1) is 13.2 Å². The van der Waals surface area contributed by atoms with E-state index < -0.39 is 0 Å². The number of hydrogen-bond acceptors (Lipinski definition) is 3. The van der Waals surface area contributed by atoms with Crippen LogP contribution in [0.15, 0.2) is 48.5 Å². The van der Waals surface area contributed by atoms with Gasteiger partial charge in [0.25, 0.3) is 5.91 Å². The van der Waals surface area contributed by atoms with Crippen molar-refractivity contribution in [2.24, 2.45) is 0 Å². The molecule has 0 aliphatic carbocycles. The van der Waals surface area contributed by atoms with E-state index in [4.69, 9.17) is 4.74 Å². The third-order valence-electron chi connectivity index (χ3n) is 3.93. The van der Waals surface area contributed by atoms with Gasteiger partial charge in [-0.3, -0.25) is 9.59 Å². The smallest absolute Gasteiger partial charge is 0.251 e. The number of methoxy groups -OCH3 is 1. The van der Waals surface area contributed by atoms with Crippen molar-refractivity contribution in [1.82, 2.24) is 5.32 Å². The first-order chi connectivity index (χ1) is 11.6. The Morgan fingerprint density at radius 3 is 2.71 bits per heavy atom. The molecule has 1 aliphatic rings. The second-order valence-corrected chi connectivity index (χ2v) is 5.59. The Hall–Kier alpha value is -2.89. The van der Waals surface area contributed by atoms with E-state index in [1.165, 1.54) is 19.2 Å². The van der Waals surface area contributed by atoms with Crippen LogP contribution in [0.2, 0.25) is 0 Å². The Labute approximate surface area is 139 Å². The summed E-state index contributed by atoms with van der Waals surface area (Å²) in [5, 5.41) is 2.86.